The van der Waals surface area contributed by atoms with Crippen molar-refractivity contribution in [3.63, 3.8) is 0 Å². The molecule has 1 aromatic heterocycles. The minimum Gasteiger partial charge on any atom is -0.388 e. The zero-order valence-corrected chi connectivity index (χ0v) is 10.6. The van der Waals surface area contributed by atoms with Crippen LogP contribution in [0.25, 0.3) is 0 Å². The molecule has 0 aliphatic rings. The third kappa shape index (κ3) is 3.15. The molecule has 0 radical (unpaired) electrons. The van der Waals surface area contributed by atoms with Gasteiger partial charge in [-0.1, -0.05) is 18.2 Å². The summed E-state index contributed by atoms with van der Waals surface area (Å²) in [6.45, 7) is 0. The van der Waals surface area contributed by atoms with E-state index in [9.17, 15) is 13.9 Å². The first-order chi connectivity index (χ1) is 8.68. The SMILES string of the molecule is OC(CCCc1cccs1)c1cccc(F)c1F. The fourth-order valence-electron chi connectivity index (χ4n) is 1.86. The normalized spacial score (nSPS) is 12.6. The van der Waals surface area contributed by atoms with Gasteiger partial charge in [0.2, 0.25) is 0 Å². The van der Waals surface area contributed by atoms with Crippen LogP contribution in [0.15, 0.2) is 35.7 Å². The zero-order chi connectivity index (χ0) is 13.0. The molecule has 0 aliphatic heterocycles. The van der Waals surface area contributed by atoms with Crippen LogP contribution in [0.1, 0.15) is 29.4 Å². The van der Waals surface area contributed by atoms with Gasteiger partial charge in [-0.25, -0.2) is 8.78 Å². The second-order valence-corrected chi connectivity index (χ2v) is 5.16. The van der Waals surface area contributed by atoms with Crippen molar-refractivity contribution < 1.29 is 13.9 Å². The number of thiophene rings is 1. The summed E-state index contributed by atoms with van der Waals surface area (Å²) in [5, 5.41) is 11.8. The summed E-state index contributed by atoms with van der Waals surface area (Å²) in [6, 6.07) is 7.89. The molecule has 1 nitrogen and oxygen atoms in total. The lowest BCUT2D eigenvalue weighted by Crippen LogP contribution is -2.03. The summed E-state index contributed by atoms with van der Waals surface area (Å²) in [4.78, 5) is 1.24. The largest absolute Gasteiger partial charge is 0.388 e. The van der Waals surface area contributed by atoms with Gasteiger partial charge in [0, 0.05) is 10.4 Å². The molecule has 1 N–H and O–H groups in total. The average molecular weight is 268 g/mol. The Morgan fingerprint density at radius 1 is 1.17 bits per heavy atom. The van der Waals surface area contributed by atoms with Gasteiger partial charge >= 0.3 is 0 Å². The number of aryl methyl sites for hydroxylation is 1. The van der Waals surface area contributed by atoms with E-state index in [1.807, 2.05) is 17.5 Å². The lowest BCUT2D eigenvalue weighted by atomic mass is 10.0. The molecule has 0 bridgehead atoms. The highest BCUT2D eigenvalue weighted by atomic mass is 32.1. The number of rotatable bonds is 5. The van der Waals surface area contributed by atoms with E-state index in [-0.39, 0.29) is 5.56 Å². The van der Waals surface area contributed by atoms with Crippen LogP contribution in [0.5, 0.6) is 0 Å². The number of halogens is 2. The van der Waals surface area contributed by atoms with Crippen molar-refractivity contribution in [3.8, 4) is 0 Å². The van der Waals surface area contributed by atoms with Gasteiger partial charge in [-0.05, 0) is 36.8 Å². The summed E-state index contributed by atoms with van der Waals surface area (Å²) in [6.07, 6.45) is 1.09. The van der Waals surface area contributed by atoms with E-state index < -0.39 is 17.7 Å². The standard InChI is InChI=1S/C14H14F2OS/c15-12-7-2-6-11(14(12)16)13(17)8-1-4-10-5-3-9-18-10/h2-3,5-7,9,13,17H,1,4,8H2. The second-order valence-electron chi connectivity index (χ2n) is 4.13. The molecule has 2 rings (SSSR count). The Morgan fingerprint density at radius 3 is 2.72 bits per heavy atom. The first-order valence-electron chi connectivity index (χ1n) is 5.83. The van der Waals surface area contributed by atoms with Gasteiger partial charge < -0.3 is 5.11 Å². The van der Waals surface area contributed by atoms with Gasteiger partial charge in [-0.2, -0.15) is 0 Å². The molecule has 0 saturated carbocycles. The molecule has 0 fully saturated rings. The molecular weight excluding hydrogens is 254 g/mol. The van der Waals surface area contributed by atoms with E-state index in [0.717, 1.165) is 18.9 Å². The maximum Gasteiger partial charge on any atom is 0.164 e. The topological polar surface area (TPSA) is 20.2 Å². The predicted molar refractivity (Wildman–Crippen MR) is 68.6 cm³/mol. The molecular formula is C14H14F2OS. The highest BCUT2D eigenvalue weighted by Gasteiger charge is 2.15. The highest BCUT2D eigenvalue weighted by molar-refractivity contribution is 7.09. The van der Waals surface area contributed by atoms with Crippen LogP contribution in [-0.2, 0) is 6.42 Å². The van der Waals surface area contributed by atoms with E-state index in [1.165, 1.54) is 17.0 Å². The van der Waals surface area contributed by atoms with Crippen LogP contribution >= 0.6 is 11.3 Å². The van der Waals surface area contributed by atoms with Crippen LogP contribution < -0.4 is 0 Å². The summed E-state index contributed by atoms with van der Waals surface area (Å²) in [5.74, 6) is -1.86. The fourth-order valence-corrected chi connectivity index (χ4v) is 2.61. The minimum atomic E-state index is -0.944. The second kappa shape index (κ2) is 6.07. The van der Waals surface area contributed by atoms with Crippen molar-refractivity contribution in [2.24, 2.45) is 0 Å². The third-order valence-electron chi connectivity index (χ3n) is 2.82. The lowest BCUT2D eigenvalue weighted by Gasteiger charge is -2.11. The number of hydrogen-bond acceptors (Lipinski definition) is 2. The molecule has 0 aliphatic carbocycles. The molecule has 1 unspecified atom stereocenters. The van der Waals surface area contributed by atoms with Gasteiger partial charge in [0.1, 0.15) is 0 Å². The number of aliphatic hydroxyl groups excluding tert-OH is 1. The Labute approximate surface area is 109 Å². The van der Waals surface area contributed by atoms with E-state index in [4.69, 9.17) is 0 Å². The van der Waals surface area contributed by atoms with Crippen molar-refractivity contribution in [2.75, 3.05) is 0 Å². The summed E-state index contributed by atoms with van der Waals surface area (Å²) in [7, 11) is 0. The number of hydrogen-bond donors (Lipinski definition) is 1. The molecule has 0 spiro atoms. The predicted octanol–water partition coefficient (Wildman–Crippen LogP) is 4.08. The number of benzene rings is 1. The van der Waals surface area contributed by atoms with Crippen LogP contribution in [-0.4, -0.2) is 5.11 Å². The Bertz CT molecular complexity index is 497. The van der Waals surface area contributed by atoms with Crippen molar-refractivity contribution >= 4 is 11.3 Å². The third-order valence-corrected chi connectivity index (χ3v) is 3.76. The maximum absolute atomic E-state index is 13.4. The van der Waals surface area contributed by atoms with E-state index in [2.05, 4.69) is 0 Å². The Kier molecular flexibility index (Phi) is 4.44. The van der Waals surface area contributed by atoms with Crippen molar-refractivity contribution in [2.45, 2.75) is 25.4 Å². The molecule has 0 saturated heterocycles. The zero-order valence-electron chi connectivity index (χ0n) is 9.77. The first kappa shape index (κ1) is 13.2. The fraction of sp³-hybridized carbons (Fsp3) is 0.286. The van der Waals surface area contributed by atoms with Crippen molar-refractivity contribution in [1.82, 2.24) is 0 Å². The molecule has 1 heterocycles. The molecule has 18 heavy (non-hydrogen) atoms. The molecule has 96 valence electrons. The molecule has 1 aromatic carbocycles. The van der Waals surface area contributed by atoms with E-state index >= 15 is 0 Å². The average Bonchev–Trinajstić information content (AvgIpc) is 2.85. The quantitative estimate of drug-likeness (QED) is 0.866. The Morgan fingerprint density at radius 2 is 2.00 bits per heavy atom. The Hall–Kier alpha value is -1.26. The first-order valence-corrected chi connectivity index (χ1v) is 6.71. The van der Waals surface area contributed by atoms with E-state index in [1.54, 1.807) is 11.3 Å². The highest BCUT2D eigenvalue weighted by Crippen LogP contribution is 2.24. The van der Waals surface area contributed by atoms with Gasteiger partial charge in [0.15, 0.2) is 11.6 Å². The molecule has 4 heteroatoms. The van der Waals surface area contributed by atoms with Crippen molar-refractivity contribution in [1.29, 1.82) is 0 Å². The van der Waals surface area contributed by atoms with Crippen LogP contribution in [0.4, 0.5) is 8.78 Å². The van der Waals surface area contributed by atoms with Crippen LogP contribution in [0, 0.1) is 11.6 Å². The van der Waals surface area contributed by atoms with E-state index in [0.29, 0.717) is 6.42 Å². The van der Waals surface area contributed by atoms with Gasteiger partial charge in [-0.15, -0.1) is 11.3 Å². The smallest absolute Gasteiger partial charge is 0.164 e. The van der Waals surface area contributed by atoms with Crippen molar-refractivity contribution in [3.05, 3.63) is 57.8 Å². The Balaban J connectivity index is 1.91. The molecule has 1 atom stereocenters. The minimum absolute atomic E-state index is 0.0428. The van der Waals surface area contributed by atoms with Crippen LogP contribution in [0.3, 0.4) is 0 Å². The van der Waals surface area contributed by atoms with Gasteiger partial charge in [0.05, 0.1) is 6.10 Å². The van der Waals surface area contributed by atoms with Crippen LogP contribution in [0.2, 0.25) is 0 Å². The van der Waals surface area contributed by atoms with Gasteiger partial charge in [-0.3, -0.25) is 0 Å². The van der Waals surface area contributed by atoms with Gasteiger partial charge in [0.25, 0.3) is 0 Å². The monoisotopic (exact) mass is 268 g/mol. The summed E-state index contributed by atoms with van der Waals surface area (Å²) < 4.78 is 26.4. The summed E-state index contributed by atoms with van der Waals surface area (Å²) >= 11 is 1.66. The lowest BCUT2D eigenvalue weighted by molar-refractivity contribution is 0.159. The maximum atomic E-state index is 13.4. The molecule has 0 amide bonds. The number of aliphatic hydroxyl groups is 1. The molecule has 2 aromatic rings. The summed E-state index contributed by atoms with van der Waals surface area (Å²) in [5.41, 5.74) is 0.0428.